The van der Waals surface area contributed by atoms with Gasteiger partial charge in [-0.2, -0.15) is 13.2 Å². The van der Waals surface area contributed by atoms with Gasteiger partial charge in [-0.3, -0.25) is 0 Å². The molecule has 0 saturated carbocycles. The first-order valence-electron chi connectivity index (χ1n) is 7.04. The van der Waals surface area contributed by atoms with Crippen LogP contribution in [0.1, 0.15) is 30.8 Å². The van der Waals surface area contributed by atoms with Crippen LogP contribution in [0.4, 0.5) is 21.8 Å². The van der Waals surface area contributed by atoms with Gasteiger partial charge in [-0.15, -0.1) is 0 Å². The number of aromatic nitrogens is 1. The van der Waals surface area contributed by atoms with Crippen molar-refractivity contribution >= 4 is 41.5 Å². The average Bonchev–Trinajstić information content (AvgIpc) is 2.80. The molecular weight excluding hydrogens is 373 g/mol. The van der Waals surface area contributed by atoms with Gasteiger partial charge >= 0.3 is 13.1 Å². The molecule has 130 valence electrons. The van der Waals surface area contributed by atoms with E-state index in [2.05, 4.69) is 0 Å². The van der Waals surface area contributed by atoms with Crippen LogP contribution in [0.5, 0.6) is 0 Å². The predicted molar refractivity (Wildman–Crippen MR) is 84.8 cm³/mol. The molecule has 24 heavy (non-hydrogen) atoms. The molecule has 3 rings (SSSR count). The Bertz CT molecular complexity index is 890. The summed E-state index contributed by atoms with van der Waals surface area (Å²) in [5.74, 6) is 0. The lowest BCUT2D eigenvalue weighted by Gasteiger charge is -2.34. The van der Waals surface area contributed by atoms with E-state index in [0.717, 1.165) is 0 Å². The molecule has 2 aliphatic heterocycles. The van der Waals surface area contributed by atoms with Crippen molar-refractivity contribution in [3.8, 4) is 0 Å². The van der Waals surface area contributed by atoms with Crippen LogP contribution in [-0.2, 0) is 0 Å². The van der Waals surface area contributed by atoms with Crippen molar-refractivity contribution in [1.29, 1.82) is 0 Å². The summed E-state index contributed by atoms with van der Waals surface area (Å²) in [5, 5.41) is -0.194. The summed E-state index contributed by atoms with van der Waals surface area (Å²) in [7, 11) is 0. The van der Waals surface area contributed by atoms with Crippen molar-refractivity contribution in [2.24, 2.45) is 0 Å². The summed E-state index contributed by atoms with van der Waals surface area (Å²) < 4.78 is 72.5. The van der Waals surface area contributed by atoms with Gasteiger partial charge in [0, 0.05) is 23.9 Å². The minimum Gasteiger partial charge on any atom is -0.392 e. The fraction of sp³-hybridized carbons (Fsp3) is 0.357. The molecule has 0 unspecified atom stereocenters. The molecule has 2 nitrogen and oxygen atoms in total. The molecule has 3 heterocycles. The molecule has 0 aliphatic carbocycles. The molecule has 0 saturated heterocycles. The van der Waals surface area contributed by atoms with Gasteiger partial charge in [0.1, 0.15) is 10.6 Å². The Morgan fingerprint density at radius 1 is 1.04 bits per heavy atom. The highest BCUT2D eigenvalue weighted by atomic mass is 35.5. The first-order chi connectivity index (χ1) is 10.8. The molecule has 0 N–H and O–H groups in total. The minimum absolute atomic E-state index is 0.0244. The molecule has 10 heteroatoms. The zero-order valence-electron chi connectivity index (χ0n) is 13.1. The number of hydrogen-bond acceptors (Lipinski definition) is 0. The quantitative estimate of drug-likeness (QED) is 0.425. The first-order valence-corrected chi connectivity index (χ1v) is 7.80. The summed E-state index contributed by atoms with van der Waals surface area (Å²) in [4.78, 5) is 0. The van der Waals surface area contributed by atoms with Crippen molar-refractivity contribution in [3.63, 3.8) is 0 Å². The average molecular weight is 385 g/mol. The Labute approximate surface area is 144 Å². The lowest BCUT2D eigenvalue weighted by Crippen LogP contribution is -2.52. The molecule has 1 aromatic rings. The van der Waals surface area contributed by atoms with Crippen LogP contribution in [-0.4, -0.2) is 27.8 Å². The molecule has 0 bridgehead atoms. The van der Waals surface area contributed by atoms with Gasteiger partial charge < -0.3 is 17.6 Å². The number of hydrogen-bond donors (Lipinski definition) is 0. The van der Waals surface area contributed by atoms with E-state index < -0.39 is 30.1 Å². The standard InChI is InChI=1S/C14H12BCl2F5N2/c1-5-10(16)7(3)23-12(5)9(14(18,19)20)13-6(2)11(17)8(4)24(13)15(23,21)22/h1-4H3. The second-order valence-electron chi connectivity index (χ2n) is 5.95. The van der Waals surface area contributed by atoms with Crippen LogP contribution in [0.15, 0.2) is 16.3 Å². The van der Waals surface area contributed by atoms with E-state index in [4.69, 9.17) is 23.2 Å². The third kappa shape index (κ3) is 1.92. The molecule has 0 aromatic carbocycles. The monoisotopic (exact) mass is 384 g/mol. The Morgan fingerprint density at radius 3 is 2.08 bits per heavy atom. The van der Waals surface area contributed by atoms with Crippen molar-refractivity contribution < 1.29 is 26.3 Å². The van der Waals surface area contributed by atoms with Gasteiger partial charge in [-0.1, -0.05) is 23.2 Å². The van der Waals surface area contributed by atoms with Gasteiger partial charge in [0.15, 0.2) is 11.4 Å². The summed E-state index contributed by atoms with van der Waals surface area (Å²) >= 11 is 12.0. The van der Waals surface area contributed by atoms with Crippen molar-refractivity contribution in [3.05, 3.63) is 38.3 Å². The topological polar surface area (TPSA) is 7.94 Å². The maximum absolute atomic E-state index is 15.2. The van der Waals surface area contributed by atoms with Crippen LogP contribution >= 0.6 is 23.2 Å². The minimum atomic E-state index is -4.85. The molecule has 2 aliphatic rings. The van der Waals surface area contributed by atoms with Gasteiger partial charge in [0.2, 0.25) is 0 Å². The smallest absolute Gasteiger partial charge is 0.392 e. The maximum Gasteiger partial charge on any atom is 0.737 e. The summed E-state index contributed by atoms with van der Waals surface area (Å²) in [6.45, 7) is 0.619. The maximum atomic E-state index is 15.2. The van der Waals surface area contributed by atoms with Crippen LogP contribution in [0.3, 0.4) is 0 Å². The Hall–Kier alpha value is -1.28. The molecule has 0 atom stereocenters. The molecule has 0 fully saturated rings. The van der Waals surface area contributed by atoms with Crippen molar-refractivity contribution in [2.45, 2.75) is 33.9 Å². The number of halogens is 7. The second-order valence-corrected chi connectivity index (χ2v) is 6.70. The number of allylic oxidation sites excluding steroid dienone is 3. The van der Waals surface area contributed by atoms with E-state index in [1.165, 1.54) is 27.7 Å². The van der Waals surface area contributed by atoms with Gasteiger partial charge in [-0.25, -0.2) is 0 Å². The van der Waals surface area contributed by atoms with E-state index in [9.17, 15) is 13.2 Å². The molecule has 1 aromatic heterocycles. The molecule has 0 radical (unpaired) electrons. The van der Waals surface area contributed by atoms with Gasteiger partial charge in [-0.05, 0) is 26.3 Å². The fourth-order valence-electron chi connectivity index (χ4n) is 3.55. The number of fused-ring (bicyclic) bond motifs is 2. The summed E-state index contributed by atoms with van der Waals surface area (Å²) in [5.41, 5.74) is -2.60. The van der Waals surface area contributed by atoms with E-state index >= 15 is 8.63 Å². The van der Waals surface area contributed by atoms with Crippen LogP contribution in [0, 0.1) is 13.8 Å². The fourth-order valence-corrected chi connectivity index (χ4v) is 3.91. The van der Waals surface area contributed by atoms with E-state index in [1.807, 2.05) is 0 Å². The first kappa shape index (κ1) is 17.5. The number of nitrogens with zero attached hydrogens (tertiary/aromatic N) is 2. The van der Waals surface area contributed by atoms with Gasteiger partial charge in [0.25, 0.3) is 0 Å². The van der Waals surface area contributed by atoms with Crippen LogP contribution in [0.2, 0.25) is 5.02 Å². The zero-order chi connectivity index (χ0) is 18.4. The molecular formula is C14H12BCl2F5N2. The lowest BCUT2D eigenvalue weighted by atomic mass is 9.86. The third-order valence-electron chi connectivity index (χ3n) is 4.59. The number of alkyl halides is 3. The summed E-state index contributed by atoms with van der Waals surface area (Å²) in [6, 6.07) is 0. The highest BCUT2D eigenvalue weighted by molar-refractivity contribution is 6.60. The Kier molecular flexibility index (Phi) is 3.57. The van der Waals surface area contributed by atoms with E-state index in [1.54, 1.807) is 0 Å². The van der Waals surface area contributed by atoms with Crippen molar-refractivity contribution in [1.82, 2.24) is 4.48 Å². The Balaban J connectivity index is 2.60. The third-order valence-corrected chi connectivity index (χ3v) is 5.70. The number of rotatable bonds is 0. The largest absolute Gasteiger partial charge is 0.737 e. The zero-order valence-corrected chi connectivity index (χ0v) is 14.6. The Morgan fingerprint density at radius 2 is 1.58 bits per heavy atom. The van der Waals surface area contributed by atoms with E-state index in [-0.39, 0.29) is 32.6 Å². The SMILES string of the molecule is CC1=C(Cl)C(C)=[N+]2C1=C(C(F)(F)F)c1c(C)c(Cl)c(C)n1[B-]2(F)F. The van der Waals surface area contributed by atoms with Gasteiger partial charge in [0.05, 0.1) is 5.02 Å². The second kappa shape index (κ2) is 4.88. The predicted octanol–water partition coefficient (Wildman–Crippen LogP) is 5.27. The van der Waals surface area contributed by atoms with E-state index in [0.29, 0.717) is 8.96 Å². The van der Waals surface area contributed by atoms with Crippen LogP contribution in [0.25, 0.3) is 5.57 Å². The van der Waals surface area contributed by atoms with Crippen molar-refractivity contribution in [2.75, 3.05) is 0 Å². The highest BCUT2D eigenvalue weighted by Gasteiger charge is 2.60. The summed E-state index contributed by atoms with van der Waals surface area (Å²) in [6.07, 6.45) is -4.85. The normalized spacial score (nSPS) is 20.1. The highest BCUT2D eigenvalue weighted by Crippen LogP contribution is 2.50. The lowest BCUT2D eigenvalue weighted by molar-refractivity contribution is -0.365. The molecule has 0 spiro atoms. The molecule has 0 amide bonds. The van der Waals surface area contributed by atoms with Crippen LogP contribution < -0.4 is 0 Å².